The highest BCUT2D eigenvalue weighted by Gasteiger charge is 2.21. The van der Waals surface area contributed by atoms with Crippen LogP contribution in [-0.4, -0.2) is 39.3 Å². The number of nitrogens with one attached hydrogen (secondary N) is 1. The first kappa shape index (κ1) is 14.4. The molecule has 1 aliphatic heterocycles. The summed E-state index contributed by atoms with van der Waals surface area (Å²) in [4.78, 5) is 19.4. The third-order valence-electron chi connectivity index (χ3n) is 4.27. The predicted octanol–water partition coefficient (Wildman–Crippen LogP) is 1.69. The van der Waals surface area contributed by atoms with Crippen molar-refractivity contribution in [3.05, 3.63) is 28.8 Å². The van der Waals surface area contributed by atoms with E-state index in [1.54, 1.807) is 0 Å². The molecule has 1 N–H and O–H groups in total. The molecule has 0 saturated carbocycles. The van der Waals surface area contributed by atoms with Crippen LogP contribution in [0.1, 0.15) is 34.3 Å². The number of fused-ring (bicyclic) bond motifs is 1. The second kappa shape index (κ2) is 6.45. The zero-order valence-electron chi connectivity index (χ0n) is 12.5. The van der Waals surface area contributed by atoms with Gasteiger partial charge in [-0.15, -0.1) is 0 Å². The van der Waals surface area contributed by atoms with Crippen LogP contribution in [0.4, 0.5) is 5.69 Å². The topological polar surface area (TPSA) is 50.8 Å². The van der Waals surface area contributed by atoms with Gasteiger partial charge in [0.1, 0.15) is 0 Å². The van der Waals surface area contributed by atoms with Gasteiger partial charge in [-0.3, -0.25) is 9.63 Å². The number of hydrogen-bond acceptors (Lipinski definition) is 4. The van der Waals surface area contributed by atoms with Crippen LogP contribution in [0.25, 0.3) is 0 Å². The fourth-order valence-electron chi connectivity index (χ4n) is 3.21. The molecule has 21 heavy (non-hydrogen) atoms. The van der Waals surface area contributed by atoms with Gasteiger partial charge in [-0.1, -0.05) is 0 Å². The Kier molecular flexibility index (Phi) is 4.41. The van der Waals surface area contributed by atoms with Crippen molar-refractivity contribution in [1.29, 1.82) is 0 Å². The standard InChI is InChI=1S/C16H22N2O3/c1-20-17-16(19)15-11-13(18-6-8-21-9-7-18)10-12-4-2-3-5-14(12)15/h10-11H,2-9H2,1H3,(H,17,19). The van der Waals surface area contributed by atoms with Crippen LogP contribution in [-0.2, 0) is 22.4 Å². The van der Waals surface area contributed by atoms with Gasteiger partial charge in [0.25, 0.3) is 5.91 Å². The molecule has 0 spiro atoms. The second-order valence-corrected chi connectivity index (χ2v) is 5.57. The van der Waals surface area contributed by atoms with Crippen molar-refractivity contribution in [3.63, 3.8) is 0 Å². The molecular formula is C16H22N2O3. The van der Waals surface area contributed by atoms with E-state index in [1.807, 2.05) is 6.07 Å². The summed E-state index contributed by atoms with van der Waals surface area (Å²) in [6.07, 6.45) is 4.38. The molecule has 0 unspecified atom stereocenters. The monoisotopic (exact) mass is 290 g/mol. The lowest BCUT2D eigenvalue weighted by Crippen LogP contribution is -2.36. The number of anilines is 1. The van der Waals surface area contributed by atoms with Gasteiger partial charge in [0.15, 0.2) is 0 Å². The summed E-state index contributed by atoms with van der Waals surface area (Å²) >= 11 is 0. The Labute approximate surface area is 125 Å². The van der Waals surface area contributed by atoms with E-state index in [0.717, 1.165) is 56.8 Å². The van der Waals surface area contributed by atoms with Crippen molar-refractivity contribution in [2.45, 2.75) is 25.7 Å². The number of carbonyl (C=O) groups excluding carboxylic acids is 1. The van der Waals surface area contributed by atoms with Crippen LogP contribution in [0.15, 0.2) is 12.1 Å². The van der Waals surface area contributed by atoms with Crippen LogP contribution >= 0.6 is 0 Å². The highest BCUT2D eigenvalue weighted by atomic mass is 16.6. The molecule has 0 bridgehead atoms. The Balaban J connectivity index is 1.97. The van der Waals surface area contributed by atoms with Crippen LogP contribution in [0.3, 0.4) is 0 Å². The van der Waals surface area contributed by atoms with E-state index < -0.39 is 0 Å². The third-order valence-corrected chi connectivity index (χ3v) is 4.27. The molecule has 1 heterocycles. The van der Waals surface area contributed by atoms with Crippen molar-refractivity contribution in [2.24, 2.45) is 0 Å². The Morgan fingerprint density at radius 1 is 1.24 bits per heavy atom. The van der Waals surface area contributed by atoms with Crippen LogP contribution in [0.2, 0.25) is 0 Å². The molecule has 5 heteroatoms. The van der Waals surface area contributed by atoms with Gasteiger partial charge in [0, 0.05) is 24.3 Å². The lowest BCUT2D eigenvalue weighted by molar-refractivity contribution is 0.0536. The maximum absolute atomic E-state index is 12.3. The third kappa shape index (κ3) is 3.04. The molecule has 3 rings (SSSR count). The first-order chi connectivity index (χ1) is 10.3. The number of rotatable bonds is 3. The van der Waals surface area contributed by atoms with Gasteiger partial charge in [0.05, 0.1) is 20.3 Å². The number of benzene rings is 1. The van der Waals surface area contributed by atoms with E-state index in [1.165, 1.54) is 24.7 Å². The van der Waals surface area contributed by atoms with Gasteiger partial charge in [-0.2, -0.15) is 0 Å². The molecular weight excluding hydrogens is 268 g/mol. The van der Waals surface area contributed by atoms with Gasteiger partial charge < -0.3 is 9.64 Å². The molecule has 5 nitrogen and oxygen atoms in total. The normalized spacial score (nSPS) is 18.2. The smallest absolute Gasteiger partial charge is 0.275 e. The summed E-state index contributed by atoms with van der Waals surface area (Å²) in [5, 5.41) is 0. The molecule has 114 valence electrons. The predicted molar refractivity (Wildman–Crippen MR) is 80.6 cm³/mol. The van der Waals surface area contributed by atoms with Crippen LogP contribution in [0, 0.1) is 0 Å². The van der Waals surface area contributed by atoms with Gasteiger partial charge in [-0.05, 0) is 48.9 Å². The molecule has 0 radical (unpaired) electrons. The maximum atomic E-state index is 12.3. The first-order valence-electron chi connectivity index (χ1n) is 7.61. The van der Waals surface area contributed by atoms with E-state index in [-0.39, 0.29) is 5.91 Å². The summed E-state index contributed by atoms with van der Waals surface area (Å²) in [7, 11) is 1.47. The summed E-state index contributed by atoms with van der Waals surface area (Å²) in [6, 6.07) is 4.26. The average Bonchev–Trinajstić information content (AvgIpc) is 2.55. The zero-order chi connectivity index (χ0) is 14.7. The largest absolute Gasteiger partial charge is 0.378 e. The molecule has 1 fully saturated rings. The Bertz CT molecular complexity index is 524. The molecule has 1 aliphatic carbocycles. The molecule has 1 aromatic carbocycles. The number of aryl methyl sites for hydroxylation is 1. The molecule has 1 saturated heterocycles. The summed E-state index contributed by atoms with van der Waals surface area (Å²) in [5.74, 6) is -0.147. The summed E-state index contributed by atoms with van der Waals surface area (Å²) in [6.45, 7) is 3.25. The van der Waals surface area contributed by atoms with Gasteiger partial charge >= 0.3 is 0 Å². The molecule has 0 atom stereocenters. The van der Waals surface area contributed by atoms with Crippen LogP contribution in [0.5, 0.6) is 0 Å². The maximum Gasteiger partial charge on any atom is 0.275 e. The lowest BCUT2D eigenvalue weighted by Gasteiger charge is -2.31. The minimum Gasteiger partial charge on any atom is -0.378 e. The van der Waals surface area contributed by atoms with Gasteiger partial charge in [0.2, 0.25) is 0 Å². The van der Waals surface area contributed by atoms with E-state index >= 15 is 0 Å². The molecule has 1 aromatic rings. The Hall–Kier alpha value is -1.59. The number of amides is 1. The Morgan fingerprint density at radius 2 is 2.00 bits per heavy atom. The molecule has 2 aliphatic rings. The second-order valence-electron chi connectivity index (χ2n) is 5.57. The minimum absolute atomic E-state index is 0.147. The highest BCUT2D eigenvalue weighted by molar-refractivity contribution is 5.96. The van der Waals surface area contributed by atoms with Crippen molar-refractivity contribution < 1.29 is 14.4 Å². The number of ether oxygens (including phenoxy) is 1. The first-order valence-corrected chi connectivity index (χ1v) is 7.61. The van der Waals surface area contributed by atoms with Crippen molar-refractivity contribution >= 4 is 11.6 Å². The highest BCUT2D eigenvalue weighted by Crippen LogP contribution is 2.30. The van der Waals surface area contributed by atoms with E-state index in [4.69, 9.17) is 9.57 Å². The SMILES string of the molecule is CONC(=O)c1cc(N2CCOCC2)cc2c1CCCC2. The lowest BCUT2D eigenvalue weighted by atomic mass is 9.87. The van der Waals surface area contributed by atoms with E-state index in [0.29, 0.717) is 0 Å². The minimum atomic E-state index is -0.147. The van der Waals surface area contributed by atoms with Crippen molar-refractivity contribution in [3.8, 4) is 0 Å². The average molecular weight is 290 g/mol. The van der Waals surface area contributed by atoms with Crippen molar-refractivity contribution in [1.82, 2.24) is 5.48 Å². The fourth-order valence-corrected chi connectivity index (χ4v) is 3.21. The number of nitrogens with zero attached hydrogens (tertiary/aromatic N) is 1. The number of carbonyl (C=O) groups is 1. The van der Waals surface area contributed by atoms with Crippen molar-refractivity contribution in [2.75, 3.05) is 38.3 Å². The number of hydrogen-bond donors (Lipinski definition) is 1. The summed E-state index contributed by atoms with van der Waals surface area (Å²) < 4.78 is 5.41. The Morgan fingerprint density at radius 3 is 2.76 bits per heavy atom. The molecule has 0 aromatic heterocycles. The number of hydroxylamine groups is 1. The summed E-state index contributed by atoms with van der Waals surface area (Å²) in [5.41, 5.74) is 6.84. The van der Waals surface area contributed by atoms with Gasteiger partial charge in [-0.25, -0.2) is 5.48 Å². The quantitative estimate of drug-likeness (QED) is 0.861. The van der Waals surface area contributed by atoms with E-state index in [2.05, 4.69) is 16.4 Å². The molecule has 1 amide bonds. The number of morpholine rings is 1. The zero-order valence-corrected chi connectivity index (χ0v) is 12.5. The fraction of sp³-hybridized carbons (Fsp3) is 0.562. The van der Waals surface area contributed by atoms with E-state index in [9.17, 15) is 4.79 Å². The van der Waals surface area contributed by atoms with Crippen LogP contribution < -0.4 is 10.4 Å².